The van der Waals surface area contributed by atoms with E-state index in [0.29, 0.717) is 25.3 Å². The molecule has 1 rings (SSSR count). The van der Waals surface area contributed by atoms with E-state index in [0.717, 1.165) is 5.56 Å². The number of ether oxygens (including phenoxy) is 3. The van der Waals surface area contributed by atoms with E-state index in [4.69, 9.17) is 9.47 Å². The van der Waals surface area contributed by atoms with E-state index in [-0.39, 0.29) is 18.3 Å². The summed E-state index contributed by atoms with van der Waals surface area (Å²) in [5.41, 5.74) is 1.37. The maximum Gasteiger partial charge on any atom is 0.337 e. The third kappa shape index (κ3) is 6.24. The molecular formula is C16H23NO5. The van der Waals surface area contributed by atoms with Gasteiger partial charge < -0.3 is 19.5 Å². The van der Waals surface area contributed by atoms with Gasteiger partial charge in [0.25, 0.3) is 0 Å². The predicted octanol–water partition coefficient (Wildman–Crippen LogP) is 1.88. The molecule has 0 spiro atoms. The molecule has 0 aliphatic rings. The molecule has 0 saturated heterocycles. The van der Waals surface area contributed by atoms with Gasteiger partial charge in [-0.1, -0.05) is 12.1 Å². The Bertz CT molecular complexity index is 466. The van der Waals surface area contributed by atoms with Gasteiger partial charge in [0.05, 0.1) is 19.1 Å². The molecule has 0 saturated carbocycles. The fourth-order valence-corrected chi connectivity index (χ4v) is 1.84. The van der Waals surface area contributed by atoms with Crippen molar-refractivity contribution in [3.05, 3.63) is 35.4 Å². The van der Waals surface area contributed by atoms with Gasteiger partial charge in [-0.3, -0.25) is 4.79 Å². The number of amides is 1. The molecule has 0 bridgehead atoms. The highest BCUT2D eigenvalue weighted by molar-refractivity contribution is 5.89. The molecule has 0 atom stereocenters. The number of hydrogen-bond donors (Lipinski definition) is 1. The summed E-state index contributed by atoms with van der Waals surface area (Å²) in [6.07, 6.45) is -0.362. The lowest BCUT2D eigenvalue weighted by atomic mass is 10.1. The Hall–Kier alpha value is -1.92. The Morgan fingerprint density at radius 3 is 2.18 bits per heavy atom. The number of hydrogen-bond acceptors (Lipinski definition) is 5. The Morgan fingerprint density at radius 1 is 1.09 bits per heavy atom. The van der Waals surface area contributed by atoms with Crippen molar-refractivity contribution in [3.8, 4) is 0 Å². The van der Waals surface area contributed by atoms with Gasteiger partial charge >= 0.3 is 5.97 Å². The molecule has 0 aliphatic heterocycles. The maximum atomic E-state index is 11.9. The molecule has 0 fully saturated rings. The predicted molar refractivity (Wildman–Crippen MR) is 81.3 cm³/mol. The smallest absolute Gasteiger partial charge is 0.337 e. The lowest BCUT2D eigenvalue weighted by Crippen LogP contribution is -2.30. The summed E-state index contributed by atoms with van der Waals surface area (Å²) < 4.78 is 15.3. The summed E-state index contributed by atoms with van der Waals surface area (Å²) in [5.74, 6) is -0.532. The standard InChI is InChI=1S/C16H23NO5/c1-4-21-15(22-5-2)10-14(18)17-11-12-6-8-13(9-7-12)16(19)20-3/h6-9,15H,4-5,10-11H2,1-3H3,(H,17,18). The first kappa shape index (κ1) is 18.1. The summed E-state index contributed by atoms with van der Waals surface area (Å²) in [5, 5.41) is 2.79. The highest BCUT2D eigenvalue weighted by Crippen LogP contribution is 2.06. The van der Waals surface area contributed by atoms with E-state index in [2.05, 4.69) is 10.1 Å². The largest absolute Gasteiger partial charge is 0.465 e. The van der Waals surface area contributed by atoms with E-state index in [9.17, 15) is 9.59 Å². The Balaban J connectivity index is 2.44. The van der Waals surface area contributed by atoms with E-state index in [1.165, 1.54) is 7.11 Å². The fraction of sp³-hybridized carbons (Fsp3) is 0.500. The van der Waals surface area contributed by atoms with Crippen molar-refractivity contribution >= 4 is 11.9 Å². The van der Waals surface area contributed by atoms with Gasteiger partial charge in [0, 0.05) is 19.8 Å². The first-order valence-corrected chi connectivity index (χ1v) is 7.27. The molecule has 0 radical (unpaired) electrons. The summed E-state index contributed by atoms with van der Waals surface area (Å²) in [6.45, 7) is 5.07. The molecule has 0 aromatic heterocycles. The second kappa shape index (κ2) is 9.92. The van der Waals surface area contributed by atoms with Crippen molar-refractivity contribution in [3.63, 3.8) is 0 Å². The van der Waals surface area contributed by atoms with Crippen LogP contribution in [0.25, 0.3) is 0 Å². The van der Waals surface area contributed by atoms with Gasteiger partial charge in [-0.15, -0.1) is 0 Å². The second-order valence-electron chi connectivity index (χ2n) is 4.51. The molecule has 6 nitrogen and oxygen atoms in total. The number of esters is 1. The van der Waals surface area contributed by atoms with Gasteiger partial charge in [0.1, 0.15) is 0 Å². The van der Waals surface area contributed by atoms with E-state index in [1.807, 2.05) is 13.8 Å². The normalized spacial score (nSPS) is 10.5. The third-order valence-corrected chi connectivity index (χ3v) is 2.92. The molecule has 122 valence electrons. The Morgan fingerprint density at radius 2 is 1.68 bits per heavy atom. The van der Waals surface area contributed by atoms with Crippen LogP contribution < -0.4 is 5.32 Å². The number of benzene rings is 1. The van der Waals surface area contributed by atoms with E-state index >= 15 is 0 Å². The lowest BCUT2D eigenvalue weighted by molar-refractivity contribution is -0.153. The summed E-state index contributed by atoms with van der Waals surface area (Å²) in [4.78, 5) is 23.2. The molecule has 0 heterocycles. The first-order valence-electron chi connectivity index (χ1n) is 7.27. The van der Waals surface area contributed by atoms with Crippen LogP contribution in [0.5, 0.6) is 0 Å². The molecule has 1 N–H and O–H groups in total. The third-order valence-electron chi connectivity index (χ3n) is 2.92. The SMILES string of the molecule is CCOC(CC(=O)NCc1ccc(C(=O)OC)cc1)OCC. The van der Waals surface area contributed by atoms with Crippen LogP contribution in [0.2, 0.25) is 0 Å². The van der Waals surface area contributed by atoms with Crippen molar-refractivity contribution in [1.29, 1.82) is 0 Å². The van der Waals surface area contributed by atoms with Crippen LogP contribution in [0.3, 0.4) is 0 Å². The van der Waals surface area contributed by atoms with Gasteiger partial charge in [-0.2, -0.15) is 0 Å². The Kier molecular flexibility index (Phi) is 8.17. The zero-order valence-electron chi connectivity index (χ0n) is 13.3. The first-order chi connectivity index (χ1) is 10.6. The highest BCUT2D eigenvalue weighted by atomic mass is 16.7. The van der Waals surface area contributed by atoms with E-state index in [1.54, 1.807) is 24.3 Å². The average Bonchev–Trinajstić information content (AvgIpc) is 2.53. The van der Waals surface area contributed by atoms with Crippen LogP contribution in [-0.4, -0.2) is 38.5 Å². The number of rotatable bonds is 9. The topological polar surface area (TPSA) is 73.9 Å². The van der Waals surface area contributed by atoms with Gasteiger partial charge in [-0.05, 0) is 31.5 Å². The Labute approximate surface area is 130 Å². The van der Waals surface area contributed by atoms with Crippen molar-refractivity contribution in [2.75, 3.05) is 20.3 Å². The van der Waals surface area contributed by atoms with Crippen LogP contribution in [0.1, 0.15) is 36.2 Å². The molecule has 1 aromatic rings. The minimum absolute atomic E-state index is 0.149. The van der Waals surface area contributed by atoms with Crippen LogP contribution in [0.4, 0.5) is 0 Å². The quantitative estimate of drug-likeness (QED) is 0.557. The monoisotopic (exact) mass is 309 g/mol. The number of carbonyl (C=O) groups excluding carboxylic acids is 2. The molecule has 6 heteroatoms. The van der Waals surface area contributed by atoms with Crippen molar-refractivity contribution < 1.29 is 23.8 Å². The second-order valence-corrected chi connectivity index (χ2v) is 4.51. The molecule has 1 aromatic carbocycles. The molecule has 22 heavy (non-hydrogen) atoms. The van der Waals surface area contributed by atoms with Crippen molar-refractivity contribution in [2.24, 2.45) is 0 Å². The maximum absolute atomic E-state index is 11.9. The number of carbonyl (C=O) groups is 2. The van der Waals surface area contributed by atoms with Crippen LogP contribution >= 0.6 is 0 Å². The molecular weight excluding hydrogens is 286 g/mol. The van der Waals surface area contributed by atoms with Crippen molar-refractivity contribution in [2.45, 2.75) is 33.1 Å². The summed E-state index contributed by atoms with van der Waals surface area (Å²) >= 11 is 0. The molecule has 1 amide bonds. The van der Waals surface area contributed by atoms with Gasteiger partial charge in [-0.25, -0.2) is 4.79 Å². The zero-order chi connectivity index (χ0) is 16.4. The van der Waals surface area contributed by atoms with Crippen molar-refractivity contribution in [1.82, 2.24) is 5.32 Å². The van der Waals surface area contributed by atoms with Crippen LogP contribution in [0.15, 0.2) is 24.3 Å². The van der Waals surface area contributed by atoms with Crippen LogP contribution in [-0.2, 0) is 25.5 Å². The lowest BCUT2D eigenvalue weighted by Gasteiger charge is -2.16. The minimum atomic E-state index is -0.517. The van der Waals surface area contributed by atoms with Gasteiger partial charge in [0.15, 0.2) is 6.29 Å². The van der Waals surface area contributed by atoms with Gasteiger partial charge in [0.2, 0.25) is 5.91 Å². The summed E-state index contributed by atoms with van der Waals surface area (Å²) in [7, 11) is 1.34. The number of methoxy groups -OCH3 is 1. The van der Waals surface area contributed by atoms with E-state index < -0.39 is 6.29 Å². The average molecular weight is 309 g/mol. The minimum Gasteiger partial charge on any atom is -0.465 e. The fourth-order valence-electron chi connectivity index (χ4n) is 1.84. The number of nitrogens with one attached hydrogen (secondary N) is 1. The molecule has 0 aliphatic carbocycles. The molecule has 0 unspecified atom stereocenters. The van der Waals surface area contributed by atoms with Crippen LogP contribution in [0, 0.1) is 0 Å². The summed E-state index contributed by atoms with van der Waals surface area (Å²) in [6, 6.07) is 6.87. The zero-order valence-corrected chi connectivity index (χ0v) is 13.3. The highest BCUT2D eigenvalue weighted by Gasteiger charge is 2.13.